The minimum absolute atomic E-state index is 0.0601. The maximum atomic E-state index is 13.2. The Hall–Kier alpha value is -3.44. The van der Waals surface area contributed by atoms with Crippen LogP contribution in [-0.4, -0.2) is 24.1 Å². The summed E-state index contributed by atoms with van der Waals surface area (Å²) in [6.07, 6.45) is 0.787. The predicted molar refractivity (Wildman–Crippen MR) is 133 cm³/mol. The minimum Gasteiger partial charge on any atom is -0.350 e. The molecule has 0 aliphatic carbocycles. The van der Waals surface area contributed by atoms with Crippen molar-refractivity contribution in [1.82, 2.24) is 10.6 Å². The van der Waals surface area contributed by atoms with Gasteiger partial charge in [-0.05, 0) is 42.7 Å². The van der Waals surface area contributed by atoms with Gasteiger partial charge in [0, 0.05) is 29.0 Å². The summed E-state index contributed by atoms with van der Waals surface area (Å²) >= 11 is 0. The molecule has 2 N–H and O–H groups in total. The molecule has 1 saturated heterocycles. The molecule has 5 heteroatoms. The molecule has 1 heterocycles. The van der Waals surface area contributed by atoms with Crippen molar-refractivity contribution in [3.05, 3.63) is 108 Å². The van der Waals surface area contributed by atoms with Gasteiger partial charge in [0.2, 0.25) is 0 Å². The zero-order valence-electron chi connectivity index (χ0n) is 19.7. The lowest BCUT2D eigenvalue weighted by atomic mass is 9.76. The first-order valence-corrected chi connectivity index (χ1v) is 12.0. The molecule has 3 aromatic carbocycles. The standard InChI is InChI=1S/C29H32N2O3/c1-3-23-25(30-27(32)21-16-10-6-11-17-21)24(4-2)29(31-28(33)22-18-12-7-13-19-22)34-26(23)20-14-8-5-9-15-20/h5-19,23-26,29H,3-4H2,1-2H3,(H,30,32)(H,31,33)/t23-,24+,25+,26-,29+/m0/s1. The second-order valence-electron chi connectivity index (χ2n) is 8.74. The quantitative estimate of drug-likeness (QED) is 0.503. The molecule has 0 bridgehead atoms. The molecular weight excluding hydrogens is 424 g/mol. The fourth-order valence-electron chi connectivity index (χ4n) is 4.94. The van der Waals surface area contributed by atoms with E-state index in [4.69, 9.17) is 4.74 Å². The van der Waals surface area contributed by atoms with Crippen LogP contribution in [0.15, 0.2) is 91.0 Å². The Kier molecular flexibility index (Phi) is 7.76. The van der Waals surface area contributed by atoms with Gasteiger partial charge in [0.1, 0.15) is 6.23 Å². The summed E-state index contributed by atoms with van der Waals surface area (Å²) in [4.78, 5) is 26.2. The highest BCUT2D eigenvalue weighted by Gasteiger charge is 2.46. The van der Waals surface area contributed by atoms with Crippen LogP contribution in [-0.2, 0) is 4.74 Å². The molecule has 1 aliphatic heterocycles. The number of hydrogen-bond acceptors (Lipinski definition) is 3. The molecule has 3 aromatic rings. The van der Waals surface area contributed by atoms with Crippen LogP contribution in [0.25, 0.3) is 0 Å². The summed E-state index contributed by atoms with van der Waals surface area (Å²) in [6, 6.07) is 28.3. The normalized spacial score (nSPS) is 24.2. The summed E-state index contributed by atoms with van der Waals surface area (Å²) in [6.45, 7) is 4.20. The number of carbonyl (C=O) groups is 2. The van der Waals surface area contributed by atoms with E-state index in [9.17, 15) is 9.59 Å². The summed E-state index contributed by atoms with van der Waals surface area (Å²) in [7, 11) is 0. The van der Waals surface area contributed by atoms with Gasteiger partial charge >= 0.3 is 0 Å². The fourth-order valence-corrected chi connectivity index (χ4v) is 4.94. The number of nitrogens with one attached hydrogen (secondary N) is 2. The van der Waals surface area contributed by atoms with E-state index in [2.05, 4.69) is 24.5 Å². The Morgan fingerprint density at radius 3 is 1.65 bits per heavy atom. The molecule has 4 rings (SSSR count). The van der Waals surface area contributed by atoms with Gasteiger partial charge in [-0.1, -0.05) is 80.6 Å². The third kappa shape index (κ3) is 5.20. The van der Waals surface area contributed by atoms with Crippen LogP contribution in [0.4, 0.5) is 0 Å². The number of hydrogen-bond donors (Lipinski definition) is 2. The zero-order chi connectivity index (χ0) is 23.9. The highest BCUT2D eigenvalue weighted by molar-refractivity contribution is 5.95. The van der Waals surface area contributed by atoms with Crippen molar-refractivity contribution in [2.45, 2.75) is 45.1 Å². The van der Waals surface area contributed by atoms with Crippen LogP contribution in [0.3, 0.4) is 0 Å². The van der Waals surface area contributed by atoms with Gasteiger partial charge in [0.05, 0.1) is 6.10 Å². The molecule has 5 nitrogen and oxygen atoms in total. The van der Waals surface area contributed by atoms with Crippen LogP contribution >= 0.6 is 0 Å². The lowest BCUT2D eigenvalue weighted by Gasteiger charge is -2.47. The van der Waals surface area contributed by atoms with Crippen molar-refractivity contribution in [2.24, 2.45) is 11.8 Å². The summed E-state index contributed by atoms with van der Waals surface area (Å²) in [5.41, 5.74) is 2.25. The van der Waals surface area contributed by atoms with Crippen molar-refractivity contribution < 1.29 is 14.3 Å². The van der Waals surface area contributed by atoms with Crippen LogP contribution in [0.5, 0.6) is 0 Å². The SMILES string of the molecule is CC[C@@H]1[C@H](NC(=O)c2ccccc2)[C@H](CC)[C@H](c2ccccc2)O[C@H]1NC(=O)c1ccccc1. The van der Waals surface area contributed by atoms with Gasteiger partial charge in [-0.2, -0.15) is 0 Å². The number of carbonyl (C=O) groups excluding carboxylic acids is 2. The molecule has 1 aliphatic rings. The maximum absolute atomic E-state index is 13.2. The van der Waals surface area contributed by atoms with E-state index < -0.39 is 6.23 Å². The van der Waals surface area contributed by atoms with E-state index >= 15 is 0 Å². The summed E-state index contributed by atoms with van der Waals surface area (Å²) in [5, 5.41) is 6.42. The number of rotatable bonds is 7. The zero-order valence-corrected chi connectivity index (χ0v) is 19.7. The first kappa shape index (κ1) is 23.7. The second-order valence-corrected chi connectivity index (χ2v) is 8.74. The van der Waals surface area contributed by atoms with Crippen LogP contribution in [0, 0.1) is 11.8 Å². The van der Waals surface area contributed by atoms with Crippen molar-refractivity contribution in [3.63, 3.8) is 0 Å². The Balaban J connectivity index is 1.67. The van der Waals surface area contributed by atoms with Crippen molar-refractivity contribution in [1.29, 1.82) is 0 Å². The van der Waals surface area contributed by atoms with E-state index in [1.807, 2.05) is 78.9 Å². The number of ether oxygens (including phenoxy) is 1. The molecule has 2 amide bonds. The molecule has 0 aromatic heterocycles. The average Bonchev–Trinajstić information content (AvgIpc) is 2.90. The van der Waals surface area contributed by atoms with Crippen molar-refractivity contribution in [3.8, 4) is 0 Å². The molecule has 0 saturated carbocycles. The highest BCUT2D eigenvalue weighted by Crippen LogP contribution is 2.41. The topological polar surface area (TPSA) is 67.4 Å². The fraction of sp³-hybridized carbons (Fsp3) is 0.310. The molecule has 1 fully saturated rings. The summed E-state index contributed by atoms with van der Waals surface area (Å²) in [5.74, 6) is -0.307. The Bertz CT molecular complexity index is 1070. The predicted octanol–water partition coefficient (Wildman–Crippen LogP) is 5.37. The molecule has 0 unspecified atom stereocenters. The molecule has 0 radical (unpaired) electrons. The molecule has 0 spiro atoms. The molecular formula is C29H32N2O3. The minimum atomic E-state index is -0.535. The maximum Gasteiger partial charge on any atom is 0.253 e. The van der Waals surface area contributed by atoms with E-state index in [0.29, 0.717) is 11.1 Å². The Labute approximate surface area is 201 Å². The lowest BCUT2D eigenvalue weighted by molar-refractivity contribution is -0.142. The van der Waals surface area contributed by atoms with Crippen LogP contribution in [0.2, 0.25) is 0 Å². The van der Waals surface area contributed by atoms with Crippen LogP contribution in [0.1, 0.15) is 59.1 Å². The van der Waals surface area contributed by atoms with E-state index in [1.54, 1.807) is 12.1 Å². The smallest absolute Gasteiger partial charge is 0.253 e. The summed E-state index contributed by atoms with van der Waals surface area (Å²) < 4.78 is 6.61. The largest absolute Gasteiger partial charge is 0.350 e. The Morgan fingerprint density at radius 1 is 0.676 bits per heavy atom. The van der Waals surface area contributed by atoms with E-state index in [1.165, 1.54) is 0 Å². The number of benzene rings is 3. The molecule has 5 atom stereocenters. The first-order valence-electron chi connectivity index (χ1n) is 12.0. The third-order valence-corrected chi connectivity index (χ3v) is 6.71. The van der Waals surface area contributed by atoms with Gasteiger partial charge in [-0.25, -0.2) is 0 Å². The lowest BCUT2D eigenvalue weighted by Crippen LogP contribution is -2.59. The van der Waals surface area contributed by atoms with Gasteiger partial charge < -0.3 is 15.4 Å². The van der Waals surface area contributed by atoms with E-state index in [-0.39, 0.29) is 35.8 Å². The van der Waals surface area contributed by atoms with Gasteiger partial charge in [-0.15, -0.1) is 0 Å². The van der Waals surface area contributed by atoms with E-state index in [0.717, 1.165) is 18.4 Å². The highest BCUT2D eigenvalue weighted by atomic mass is 16.5. The van der Waals surface area contributed by atoms with Gasteiger partial charge in [-0.3, -0.25) is 9.59 Å². The second kappa shape index (κ2) is 11.1. The van der Waals surface area contributed by atoms with Crippen molar-refractivity contribution in [2.75, 3.05) is 0 Å². The molecule has 176 valence electrons. The monoisotopic (exact) mass is 456 g/mol. The first-order chi connectivity index (χ1) is 16.6. The number of amides is 2. The van der Waals surface area contributed by atoms with Gasteiger partial charge in [0.25, 0.3) is 11.8 Å². The van der Waals surface area contributed by atoms with Gasteiger partial charge in [0.15, 0.2) is 0 Å². The Morgan fingerprint density at radius 2 is 1.15 bits per heavy atom. The molecule has 34 heavy (non-hydrogen) atoms. The average molecular weight is 457 g/mol. The third-order valence-electron chi connectivity index (χ3n) is 6.71. The van der Waals surface area contributed by atoms with Crippen molar-refractivity contribution >= 4 is 11.8 Å². The van der Waals surface area contributed by atoms with Crippen LogP contribution < -0.4 is 10.6 Å².